The molecule has 3 atom stereocenters. The van der Waals surface area contributed by atoms with Gasteiger partial charge < -0.3 is 24.6 Å². The van der Waals surface area contributed by atoms with Gasteiger partial charge in [0.25, 0.3) is 0 Å². The summed E-state index contributed by atoms with van der Waals surface area (Å²) in [6.45, 7) is 2.37. The number of ether oxygens (including phenoxy) is 2. The Morgan fingerprint density at radius 1 is 0.558 bits per heavy atom. The van der Waals surface area contributed by atoms with Crippen molar-refractivity contribution in [3.8, 4) is 0 Å². The fraction of sp³-hybridized carbons (Fsp3) is 0.902. The molecule has 3 N–H and O–H groups in total. The Labute approximate surface area is 317 Å². The molecule has 0 radical (unpaired) electrons. The largest absolute Gasteiger partial charge is 0.472 e. The number of aliphatic hydroxyl groups excluding tert-OH is 2. The van der Waals surface area contributed by atoms with Crippen molar-refractivity contribution in [2.45, 2.75) is 212 Å². The van der Waals surface area contributed by atoms with E-state index in [0.29, 0.717) is 12.8 Å². The van der Waals surface area contributed by atoms with Crippen LogP contribution in [0.5, 0.6) is 0 Å². The van der Waals surface area contributed by atoms with Crippen LogP contribution < -0.4 is 0 Å². The minimum Gasteiger partial charge on any atom is -0.462 e. The number of hydrogen-bond donors (Lipinski definition) is 3. The van der Waals surface area contributed by atoms with Crippen LogP contribution in [0, 0.1) is 0 Å². The Balaban J connectivity index is 4.28. The summed E-state index contributed by atoms with van der Waals surface area (Å²) >= 11 is 0. The average molecular weight is 763 g/mol. The van der Waals surface area contributed by atoms with Gasteiger partial charge in [-0.3, -0.25) is 18.6 Å². The summed E-state index contributed by atoms with van der Waals surface area (Å²) < 4.78 is 32.7. The summed E-state index contributed by atoms with van der Waals surface area (Å²) in [6.07, 6.45) is 34.6. The molecular weight excluding hydrogens is 683 g/mol. The van der Waals surface area contributed by atoms with E-state index in [1.54, 1.807) is 0 Å². The molecule has 0 heterocycles. The van der Waals surface area contributed by atoms with E-state index in [1.807, 2.05) is 0 Å². The van der Waals surface area contributed by atoms with Crippen molar-refractivity contribution < 1.29 is 47.8 Å². The van der Waals surface area contributed by atoms with E-state index in [9.17, 15) is 24.2 Å². The minimum absolute atomic E-state index is 0.178. The van der Waals surface area contributed by atoms with Gasteiger partial charge in [-0.2, -0.15) is 0 Å². The van der Waals surface area contributed by atoms with Gasteiger partial charge in [-0.05, 0) is 38.5 Å². The van der Waals surface area contributed by atoms with Crippen LogP contribution in [-0.2, 0) is 32.7 Å². The summed E-state index contributed by atoms with van der Waals surface area (Å²) in [5, 5.41) is 18.3. The van der Waals surface area contributed by atoms with E-state index in [4.69, 9.17) is 19.1 Å². The summed E-state index contributed by atoms with van der Waals surface area (Å²) in [5.74, 6) is -0.926. The number of esters is 2. The van der Waals surface area contributed by atoms with Gasteiger partial charge in [0.1, 0.15) is 12.7 Å². The number of phosphoric ester groups is 1. The molecule has 0 spiro atoms. The van der Waals surface area contributed by atoms with Gasteiger partial charge in [0.05, 0.1) is 19.8 Å². The first-order valence-corrected chi connectivity index (χ1v) is 22.6. The van der Waals surface area contributed by atoms with Crippen LogP contribution in [0.3, 0.4) is 0 Å². The summed E-state index contributed by atoms with van der Waals surface area (Å²) in [5.41, 5.74) is 0. The Morgan fingerprint density at radius 2 is 0.942 bits per heavy atom. The number of rotatable bonds is 40. The van der Waals surface area contributed by atoms with Crippen molar-refractivity contribution >= 4 is 19.8 Å². The van der Waals surface area contributed by atoms with E-state index >= 15 is 0 Å². The highest BCUT2D eigenvalue weighted by atomic mass is 31.2. The van der Waals surface area contributed by atoms with Crippen molar-refractivity contribution in [3.63, 3.8) is 0 Å². The molecule has 0 aromatic heterocycles. The third-order valence-corrected chi connectivity index (χ3v) is 10.1. The van der Waals surface area contributed by atoms with Crippen molar-refractivity contribution in [2.75, 3.05) is 26.4 Å². The van der Waals surface area contributed by atoms with Crippen LogP contribution >= 0.6 is 7.82 Å². The lowest BCUT2D eigenvalue weighted by Gasteiger charge is -2.20. The number of unbranched alkanes of at least 4 members (excludes halogenated alkanes) is 24. The molecule has 0 aliphatic rings. The van der Waals surface area contributed by atoms with Crippen molar-refractivity contribution in [1.29, 1.82) is 0 Å². The Hall–Kier alpha value is -1.29. The SMILES string of the molecule is CCCCCC/C=C/CCCCCCCC(=O)O[C@H](COC(=O)CCCCCCCCCCCCCCCCCC)COP(=O)(O)OC[C@@H](O)CO. The number of aliphatic hydroxyl groups is 2. The van der Waals surface area contributed by atoms with E-state index < -0.39 is 51.8 Å². The summed E-state index contributed by atoms with van der Waals surface area (Å²) in [7, 11) is -4.61. The van der Waals surface area contributed by atoms with E-state index in [0.717, 1.165) is 57.8 Å². The van der Waals surface area contributed by atoms with Gasteiger partial charge >= 0.3 is 19.8 Å². The normalized spacial score (nSPS) is 14.0. The minimum atomic E-state index is -4.61. The molecule has 0 saturated carbocycles. The highest BCUT2D eigenvalue weighted by Crippen LogP contribution is 2.43. The number of phosphoric acid groups is 1. The quantitative estimate of drug-likeness (QED) is 0.0238. The maximum Gasteiger partial charge on any atom is 0.472 e. The first-order chi connectivity index (χ1) is 25.2. The zero-order valence-corrected chi connectivity index (χ0v) is 34.2. The molecule has 10 nitrogen and oxygen atoms in total. The lowest BCUT2D eigenvalue weighted by atomic mass is 10.0. The Kier molecular flexibility index (Phi) is 37.1. The Bertz CT molecular complexity index is 884. The smallest absolute Gasteiger partial charge is 0.462 e. The molecule has 1 unspecified atom stereocenters. The Morgan fingerprint density at radius 3 is 1.40 bits per heavy atom. The highest BCUT2D eigenvalue weighted by molar-refractivity contribution is 7.47. The molecule has 0 aromatic carbocycles. The fourth-order valence-electron chi connectivity index (χ4n) is 5.87. The zero-order valence-electron chi connectivity index (χ0n) is 33.3. The van der Waals surface area contributed by atoms with Crippen LogP contribution in [-0.4, -0.2) is 65.7 Å². The second kappa shape index (κ2) is 38.0. The van der Waals surface area contributed by atoms with E-state index in [1.165, 1.54) is 103 Å². The molecule has 0 bridgehead atoms. The van der Waals surface area contributed by atoms with Gasteiger partial charge in [-0.25, -0.2) is 4.57 Å². The first kappa shape index (κ1) is 50.7. The predicted molar refractivity (Wildman–Crippen MR) is 210 cm³/mol. The molecule has 0 aliphatic carbocycles. The van der Waals surface area contributed by atoms with Gasteiger partial charge in [0.2, 0.25) is 0 Å². The topological polar surface area (TPSA) is 149 Å². The standard InChI is InChI=1S/C41H79O10P/c1-3-5-7-9-11-13-15-17-18-19-21-22-24-26-28-30-32-40(44)48-36-39(37-50-52(46,47)49-35-38(43)34-42)51-41(45)33-31-29-27-25-23-20-16-14-12-10-8-6-4-2/h14,16,38-39,42-43H,3-13,15,17-37H2,1-2H3,(H,46,47)/b16-14+/t38-,39+/m0/s1. The van der Waals surface area contributed by atoms with Gasteiger partial charge in [-0.1, -0.05) is 161 Å². The van der Waals surface area contributed by atoms with E-state index in [2.05, 4.69) is 30.5 Å². The van der Waals surface area contributed by atoms with Crippen LogP contribution in [0.1, 0.15) is 200 Å². The highest BCUT2D eigenvalue weighted by Gasteiger charge is 2.27. The maximum atomic E-state index is 12.6. The molecule has 0 aliphatic heterocycles. The third kappa shape index (κ3) is 37.0. The average Bonchev–Trinajstić information content (AvgIpc) is 3.13. The molecule has 308 valence electrons. The second-order valence-electron chi connectivity index (χ2n) is 14.4. The molecule has 0 amide bonds. The number of allylic oxidation sites excluding steroid dienone is 2. The zero-order chi connectivity index (χ0) is 38.4. The molecule has 0 aromatic rings. The van der Waals surface area contributed by atoms with Crippen LogP contribution in [0.25, 0.3) is 0 Å². The van der Waals surface area contributed by atoms with Gasteiger partial charge in [-0.15, -0.1) is 0 Å². The number of carbonyl (C=O) groups is 2. The van der Waals surface area contributed by atoms with Gasteiger partial charge in [0, 0.05) is 12.8 Å². The van der Waals surface area contributed by atoms with Crippen LogP contribution in [0.2, 0.25) is 0 Å². The number of carbonyl (C=O) groups excluding carboxylic acids is 2. The predicted octanol–water partition coefficient (Wildman–Crippen LogP) is 10.8. The van der Waals surface area contributed by atoms with Gasteiger partial charge in [0.15, 0.2) is 6.10 Å². The second-order valence-corrected chi connectivity index (χ2v) is 15.8. The first-order valence-electron chi connectivity index (χ1n) is 21.1. The van der Waals surface area contributed by atoms with Crippen LogP contribution in [0.4, 0.5) is 0 Å². The molecule has 0 saturated heterocycles. The molecule has 0 fully saturated rings. The lowest BCUT2D eigenvalue weighted by Crippen LogP contribution is -2.29. The fourth-order valence-corrected chi connectivity index (χ4v) is 6.66. The molecular formula is C41H79O10P. The molecule has 11 heteroatoms. The van der Waals surface area contributed by atoms with Crippen molar-refractivity contribution in [1.82, 2.24) is 0 Å². The van der Waals surface area contributed by atoms with E-state index in [-0.39, 0.29) is 19.4 Å². The van der Waals surface area contributed by atoms with Crippen LogP contribution in [0.15, 0.2) is 12.2 Å². The third-order valence-electron chi connectivity index (χ3n) is 9.17. The van der Waals surface area contributed by atoms with Crippen molar-refractivity contribution in [2.24, 2.45) is 0 Å². The summed E-state index contributed by atoms with van der Waals surface area (Å²) in [6, 6.07) is 0. The molecule has 52 heavy (non-hydrogen) atoms. The number of hydrogen-bond acceptors (Lipinski definition) is 9. The maximum absolute atomic E-state index is 12.6. The summed E-state index contributed by atoms with van der Waals surface area (Å²) in [4.78, 5) is 34.9. The molecule has 0 rings (SSSR count). The van der Waals surface area contributed by atoms with Crippen molar-refractivity contribution in [3.05, 3.63) is 12.2 Å². The monoisotopic (exact) mass is 763 g/mol. The lowest BCUT2D eigenvalue weighted by molar-refractivity contribution is -0.161.